The summed E-state index contributed by atoms with van der Waals surface area (Å²) in [6.45, 7) is 3.85. The van der Waals surface area contributed by atoms with Gasteiger partial charge in [0, 0.05) is 13.1 Å². The van der Waals surface area contributed by atoms with Crippen LogP contribution in [0, 0.1) is 16.0 Å². The molecule has 1 N–H and O–H groups in total. The number of aromatic nitrogens is 2. The lowest BCUT2D eigenvalue weighted by Gasteiger charge is -2.36. The second-order valence-electron chi connectivity index (χ2n) is 5.89. The molecule has 0 saturated carbocycles. The highest BCUT2D eigenvalue weighted by Crippen LogP contribution is 2.25. The van der Waals surface area contributed by atoms with Crippen LogP contribution < -0.4 is 0 Å². The molecular formula is C13H18N4O5. The van der Waals surface area contributed by atoms with Crippen LogP contribution in [0.25, 0.3) is 0 Å². The zero-order valence-corrected chi connectivity index (χ0v) is 12.4. The second kappa shape index (κ2) is 5.74. The van der Waals surface area contributed by atoms with Crippen LogP contribution in [0.3, 0.4) is 0 Å². The molecule has 2 rings (SSSR count). The average Bonchev–Trinajstić information content (AvgIpc) is 2.97. The van der Waals surface area contributed by atoms with Gasteiger partial charge in [-0.3, -0.25) is 24.4 Å². The van der Waals surface area contributed by atoms with E-state index in [1.54, 1.807) is 13.8 Å². The number of rotatable bonds is 4. The number of nitrogens with zero attached hydrogens (tertiary/aromatic N) is 4. The first-order valence-corrected chi connectivity index (χ1v) is 6.95. The number of hydrogen-bond donors (Lipinski definition) is 1. The fourth-order valence-corrected chi connectivity index (χ4v) is 2.56. The van der Waals surface area contributed by atoms with Crippen LogP contribution >= 0.6 is 0 Å². The number of piperidine rings is 1. The molecule has 1 aromatic rings. The van der Waals surface area contributed by atoms with Crippen molar-refractivity contribution in [2.24, 2.45) is 5.92 Å². The third kappa shape index (κ3) is 2.92. The van der Waals surface area contributed by atoms with Gasteiger partial charge in [-0.25, -0.2) is 0 Å². The van der Waals surface area contributed by atoms with Crippen molar-refractivity contribution in [3.8, 4) is 0 Å². The summed E-state index contributed by atoms with van der Waals surface area (Å²) in [5.74, 6) is -1.78. The molecule has 1 aliphatic rings. The molecule has 0 aliphatic carbocycles. The fraction of sp³-hybridized carbons (Fsp3) is 0.615. The molecule has 1 amide bonds. The fourth-order valence-electron chi connectivity index (χ4n) is 2.56. The SMILES string of the molecule is CC(C)(C(=O)N1CCCC(C(=O)O)C1)n1cc([N+](=O)[O-])cn1. The van der Waals surface area contributed by atoms with E-state index in [1.807, 2.05) is 0 Å². The summed E-state index contributed by atoms with van der Waals surface area (Å²) in [7, 11) is 0. The molecule has 0 aromatic carbocycles. The van der Waals surface area contributed by atoms with Crippen LogP contribution in [0.4, 0.5) is 5.69 Å². The van der Waals surface area contributed by atoms with Gasteiger partial charge in [-0.05, 0) is 26.7 Å². The van der Waals surface area contributed by atoms with Crippen LogP contribution in [-0.4, -0.2) is 49.7 Å². The zero-order valence-electron chi connectivity index (χ0n) is 12.4. The van der Waals surface area contributed by atoms with Crippen molar-refractivity contribution in [3.05, 3.63) is 22.5 Å². The van der Waals surface area contributed by atoms with Crippen LogP contribution in [-0.2, 0) is 15.1 Å². The molecule has 120 valence electrons. The van der Waals surface area contributed by atoms with Gasteiger partial charge in [0.05, 0.1) is 10.8 Å². The van der Waals surface area contributed by atoms with Crippen LogP contribution in [0.2, 0.25) is 0 Å². The summed E-state index contributed by atoms with van der Waals surface area (Å²) in [5, 5.41) is 23.7. The third-order valence-corrected chi connectivity index (χ3v) is 3.93. The first-order valence-electron chi connectivity index (χ1n) is 6.95. The molecule has 22 heavy (non-hydrogen) atoms. The summed E-state index contributed by atoms with van der Waals surface area (Å²) in [4.78, 5) is 35.4. The van der Waals surface area contributed by atoms with E-state index in [0.29, 0.717) is 19.4 Å². The monoisotopic (exact) mass is 310 g/mol. The maximum absolute atomic E-state index is 12.7. The Morgan fingerprint density at radius 2 is 2.18 bits per heavy atom. The molecule has 0 spiro atoms. The van der Waals surface area contributed by atoms with E-state index in [4.69, 9.17) is 5.11 Å². The molecule has 1 aromatic heterocycles. The smallest absolute Gasteiger partial charge is 0.308 e. The third-order valence-electron chi connectivity index (χ3n) is 3.93. The van der Waals surface area contributed by atoms with Crippen molar-refractivity contribution in [1.29, 1.82) is 0 Å². The van der Waals surface area contributed by atoms with E-state index in [0.717, 1.165) is 6.20 Å². The molecule has 1 saturated heterocycles. The summed E-state index contributed by atoms with van der Waals surface area (Å²) >= 11 is 0. The summed E-state index contributed by atoms with van der Waals surface area (Å²) < 4.78 is 1.25. The average molecular weight is 310 g/mol. The lowest BCUT2D eigenvalue weighted by atomic mass is 9.95. The number of aliphatic carboxylic acids is 1. The van der Waals surface area contributed by atoms with Crippen LogP contribution in [0.5, 0.6) is 0 Å². The van der Waals surface area contributed by atoms with E-state index in [9.17, 15) is 19.7 Å². The van der Waals surface area contributed by atoms with Crippen LogP contribution in [0.15, 0.2) is 12.4 Å². The normalized spacial score (nSPS) is 19.0. The summed E-state index contributed by atoms with van der Waals surface area (Å²) in [6, 6.07) is 0. The quantitative estimate of drug-likeness (QED) is 0.650. The highest BCUT2D eigenvalue weighted by atomic mass is 16.6. The Labute approximate surface area is 126 Å². The first kappa shape index (κ1) is 15.9. The van der Waals surface area contributed by atoms with Gasteiger partial charge in [-0.2, -0.15) is 5.10 Å². The maximum atomic E-state index is 12.7. The molecule has 9 heteroatoms. The number of carbonyl (C=O) groups excluding carboxylic acids is 1. The Bertz CT molecular complexity index is 609. The number of hydrogen-bond acceptors (Lipinski definition) is 5. The largest absolute Gasteiger partial charge is 0.481 e. The standard InChI is InChI=1S/C13H18N4O5/c1-13(2,16-8-10(6-14-16)17(21)22)12(20)15-5-3-4-9(7-15)11(18)19/h6,8-9H,3-5,7H2,1-2H3,(H,18,19). The molecule has 1 aliphatic heterocycles. The van der Waals surface area contributed by atoms with Crippen molar-refractivity contribution in [2.45, 2.75) is 32.2 Å². The van der Waals surface area contributed by atoms with E-state index in [1.165, 1.54) is 15.8 Å². The van der Waals surface area contributed by atoms with E-state index in [2.05, 4.69) is 5.10 Å². The van der Waals surface area contributed by atoms with E-state index >= 15 is 0 Å². The number of carboxylic acids is 1. The summed E-state index contributed by atoms with van der Waals surface area (Å²) in [5.41, 5.74) is -1.31. The van der Waals surface area contributed by atoms with Crippen molar-refractivity contribution in [1.82, 2.24) is 14.7 Å². The molecule has 1 fully saturated rings. The van der Waals surface area contributed by atoms with Crippen LogP contribution in [0.1, 0.15) is 26.7 Å². The zero-order chi connectivity index (χ0) is 16.5. The van der Waals surface area contributed by atoms with Gasteiger partial charge in [-0.15, -0.1) is 0 Å². The Morgan fingerprint density at radius 3 is 2.73 bits per heavy atom. The Balaban J connectivity index is 2.18. The van der Waals surface area contributed by atoms with Gasteiger partial charge >= 0.3 is 11.7 Å². The molecule has 0 bridgehead atoms. The first-order chi connectivity index (χ1) is 10.2. The Hall–Kier alpha value is -2.45. The summed E-state index contributed by atoms with van der Waals surface area (Å²) in [6.07, 6.45) is 3.46. The highest BCUT2D eigenvalue weighted by Gasteiger charge is 2.38. The molecule has 1 atom stereocenters. The Morgan fingerprint density at radius 1 is 1.50 bits per heavy atom. The van der Waals surface area contributed by atoms with Gasteiger partial charge < -0.3 is 10.0 Å². The molecule has 9 nitrogen and oxygen atoms in total. The maximum Gasteiger partial charge on any atom is 0.308 e. The number of likely N-dealkylation sites (tertiary alicyclic amines) is 1. The minimum atomic E-state index is -1.12. The number of nitro groups is 1. The second-order valence-corrected chi connectivity index (χ2v) is 5.89. The van der Waals surface area contributed by atoms with Gasteiger partial charge in [0.25, 0.3) is 0 Å². The van der Waals surface area contributed by atoms with Gasteiger partial charge in [-0.1, -0.05) is 0 Å². The predicted octanol–water partition coefficient (Wildman–Crippen LogP) is 0.850. The minimum absolute atomic E-state index is 0.154. The highest BCUT2D eigenvalue weighted by molar-refractivity contribution is 5.84. The van der Waals surface area contributed by atoms with E-state index in [-0.39, 0.29) is 18.1 Å². The van der Waals surface area contributed by atoms with Gasteiger partial charge in [0.1, 0.15) is 17.9 Å². The van der Waals surface area contributed by atoms with Crippen molar-refractivity contribution in [2.75, 3.05) is 13.1 Å². The number of carboxylic acid groups (broad SMARTS) is 1. The predicted molar refractivity (Wildman–Crippen MR) is 75.1 cm³/mol. The molecular weight excluding hydrogens is 292 g/mol. The lowest BCUT2D eigenvalue weighted by molar-refractivity contribution is -0.385. The topological polar surface area (TPSA) is 119 Å². The van der Waals surface area contributed by atoms with Crippen molar-refractivity contribution < 1.29 is 19.6 Å². The van der Waals surface area contributed by atoms with E-state index < -0.39 is 22.3 Å². The number of carbonyl (C=O) groups is 2. The minimum Gasteiger partial charge on any atom is -0.481 e. The van der Waals surface area contributed by atoms with Gasteiger partial charge in [0.2, 0.25) is 5.91 Å². The Kier molecular flexibility index (Phi) is 4.16. The van der Waals surface area contributed by atoms with Crippen molar-refractivity contribution >= 4 is 17.6 Å². The lowest BCUT2D eigenvalue weighted by Crippen LogP contribution is -2.51. The molecule has 2 heterocycles. The van der Waals surface area contributed by atoms with Gasteiger partial charge in [0.15, 0.2) is 0 Å². The molecule has 0 radical (unpaired) electrons. The van der Waals surface area contributed by atoms with Crippen molar-refractivity contribution in [3.63, 3.8) is 0 Å². The number of amides is 1. The molecule has 1 unspecified atom stereocenters.